The van der Waals surface area contributed by atoms with Crippen LogP contribution in [0.25, 0.3) is 10.9 Å². The molecule has 16 heavy (non-hydrogen) atoms. The lowest BCUT2D eigenvalue weighted by Crippen LogP contribution is -1.95. The van der Waals surface area contributed by atoms with Crippen molar-refractivity contribution < 1.29 is 9.53 Å². The van der Waals surface area contributed by atoms with Crippen LogP contribution in [-0.2, 0) is 0 Å². The molecule has 0 bridgehead atoms. The van der Waals surface area contributed by atoms with Gasteiger partial charge >= 0.3 is 0 Å². The Kier molecular flexibility index (Phi) is 2.46. The maximum atomic E-state index is 11.6. The van der Waals surface area contributed by atoms with Crippen LogP contribution in [0.3, 0.4) is 0 Å². The highest BCUT2D eigenvalue weighted by Gasteiger charge is 2.15. The second-order valence-corrected chi connectivity index (χ2v) is 4.00. The van der Waals surface area contributed by atoms with E-state index >= 15 is 0 Å². The molecule has 0 unspecified atom stereocenters. The first-order valence-electron chi connectivity index (χ1n) is 5.23. The van der Waals surface area contributed by atoms with Gasteiger partial charge in [-0.05, 0) is 38.5 Å². The van der Waals surface area contributed by atoms with E-state index in [1.165, 1.54) is 0 Å². The summed E-state index contributed by atoms with van der Waals surface area (Å²) in [6.07, 6.45) is 0. The van der Waals surface area contributed by atoms with Crippen LogP contribution in [0, 0.1) is 13.8 Å². The highest BCUT2D eigenvalue weighted by molar-refractivity contribution is 6.09. The number of nitrogens with one attached hydrogen (secondary N) is 1. The van der Waals surface area contributed by atoms with Crippen molar-refractivity contribution in [1.82, 2.24) is 4.98 Å². The van der Waals surface area contributed by atoms with Crippen LogP contribution < -0.4 is 4.74 Å². The predicted octanol–water partition coefficient (Wildman–Crippen LogP) is 3.00. The first-order valence-corrected chi connectivity index (χ1v) is 5.23. The quantitative estimate of drug-likeness (QED) is 0.786. The zero-order chi connectivity index (χ0) is 11.9. The summed E-state index contributed by atoms with van der Waals surface area (Å²) >= 11 is 0. The van der Waals surface area contributed by atoms with Crippen LogP contribution in [-0.4, -0.2) is 17.9 Å². The van der Waals surface area contributed by atoms with Gasteiger partial charge in [0.15, 0.2) is 5.78 Å². The fourth-order valence-corrected chi connectivity index (χ4v) is 2.03. The van der Waals surface area contributed by atoms with E-state index in [1.807, 2.05) is 26.0 Å². The van der Waals surface area contributed by atoms with Gasteiger partial charge in [0.1, 0.15) is 5.75 Å². The monoisotopic (exact) mass is 217 g/mol. The Morgan fingerprint density at radius 3 is 2.56 bits per heavy atom. The lowest BCUT2D eigenvalue weighted by atomic mass is 10.0. The molecule has 0 saturated heterocycles. The van der Waals surface area contributed by atoms with Crippen molar-refractivity contribution in [2.75, 3.05) is 7.11 Å². The molecule has 1 aromatic carbocycles. The fraction of sp³-hybridized carbons (Fsp3) is 0.308. The Hall–Kier alpha value is -1.77. The molecule has 1 aromatic heterocycles. The lowest BCUT2D eigenvalue weighted by Gasteiger charge is -2.05. The number of hydrogen-bond donors (Lipinski definition) is 1. The molecule has 2 aromatic rings. The molecule has 0 atom stereocenters. The summed E-state index contributed by atoms with van der Waals surface area (Å²) < 4.78 is 5.29. The summed E-state index contributed by atoms with van der Waals surface area (Å²) in [7, 11) is 1.63. The minimum atomic E-state index is 0.0785. The third kappa shape index (κ3) is 1.40. The van der Waals surface area contributed by atoms with Gasteiger partial charge in [0, 0.05) is 16.6 Å². The molecule has 0 fully saturated rings. The molecular weight excluding hydrogens is 202 g/mol. The van der Waals surface area contributed by atoms with Gasteiger partial charge in [0.25, 0.3) is 0 Å². The number of carbonyl (C=O) groups is 1. The molecule has 0 amide bonds. The number of rotatable bonds is 2. The standard InChI is InChI=1S/C13H15NO2/c1-7-8(2)14-13-11(16-4)6-5-10(9(3)15)12(7)13/h5-6,14H,1-4H3. The molecule has 1 heterocycles. The van der Waals surface area contributed by atoms with Gasteiger partial charge in [0.05, 0.1) is 12.6 Å². The van der Waals surface area contributed by atoms with Gasteiger partial charge < -0.3 is 9.72 Å². The van der Waals surface area contributed by atoms with Gasteiger partial charge in [-0.25, -0.2) is 0 Å². The van der Waals surface area contributed by atoms with Crippen molar-refractivity contribution in [3.05, 3.63) is 29.0 Å². The molecule has 0 aliphatic heterocycles. The normalized spacial score (nSPS) is 10.8. The van der Waals surface area contributed by atoms with Crippen molar-refractivity contribution in [1.29, 1.82) is 0 Å². The van der Waals surface area contributed by atoms with E-state index in [1.54, 1.807) is 14.0 Å². The number of aromatic nitrogens is 1. The number of H-pyrrole nitrogens is 1. The number of ketones is 1. The van der Waals surface area contributed by atoms with Gasteiger partial charge in [-0.2, -0.15) is 0 Å². The van der Waals surface area contributed by atoms with E-state index in [2.05, 4.69) is 4.98 Å². The number of methoxy groups -OCH3 is 1. The summed E-state index contributed by atoms with van der Waals surface area (Å²) in [6.45, 7) is 5.60. The molecule has 0 saturated carbocycles. The van der Waals surface area contributed by atoms with Gasteiger partial charge in [-0.3, -0.25) is 4.79 Å². The summed E-state index contributed by atoms with van der Waals surface area (Å²) in [4.78, 5) is 14.8. The molecule has 0 radical (unpaired) electrons. The smallest absolute Gasteiger partial charge is 0.160 e. The van der Waals surface area contributed by atoms with Crippen LogP contribution in [0.5, 0.6) is 5.75 Å². The molecule has 0 aliphatic carbocycles. The van der Waals surface area contributed by atoms with Crippen LogP contribution >= 0.6 is 0 Å². The largest absolute Gasteiger partial charge is 0.495 e. The SMILES string of the molecule is COc1ccc(C(C)=O)c2c(C)c(C)[nH]c12. The molecule has 1 N–H and O–H groups in total. The number of fused-ring (bicyclic) bond motifs is 1. The van der Waals surface area contributed by atoms with Crippen LogP contribution in [0.2, 0.25) is 0 Å². The highest BCUT2D eigenvalue weighted by Crippen LogP contribution is 2.32. The Balaban J connectivity index is 2.91. The average molecular weight is 217 g/mol. The first-order chi connectivity index (χ1) is 7.56. The molecule has 3 heteroatoms. The van der Waals surface area contributed by atoms with Gasteiger partial charge in [-0.1, -0.05) is 0 Å². The second-order valence-electron chi connectivity index (χ2n) is 4.00. The van der Waals surface area contributed by atoms with E-state index in [-0.39, 0.29) is 5.78 Å². The zero-order valence-electron chi connectivity index (χ0n) is 9.97. The van der Waals surface area contributed by atoms with Crippen molar-refractivity contribution in [3.63, 3.8) is 0 Å². The minimum absolute atomic E-state index is 0.0785. The number of benzene rings is 1. The van der Waals surface area contributed by atoms with Gasteiger partial charge in [-0.15, -0.1) is 0 Å². The van der Waals surface area contributed by atoms with Crippen molar-refractivity contribution in [2.45, 2.75) is 20.8 Å². The average Bonchev–Trinajstić information content (AvgIpc) is 2.54. The minimum Gasteiger partial charge on any atom is -0.495 e. The zero-order valence-corrected chi connectivity index (χ0v) is 9.97. The third-order valence-electron chi connectivity index (χ3n) is 3.02. The highest BCUT2D eigenvalue weighted by atomic mass is 16.5. The fourth-order valence-electron chi connectivity index (χ4n) is 2.03. The van der Waals surface area contributed by atoms with E-state index in [0.29, 0.717) is 0 Å². The number of aryl methyl sites for hydroxylation is 2. The van der Waals surface area contributed by atoms with Crippen molar-refractivity contribution in [3.8, 4) is 5.75 Å². The van der Waals surface area contributed by atoms with Crippen LogP contribution in [0.1, 0.15) is 28.5 Å². The molecule has 84 valence electrons. The Bertz CT molecular complexity index is 567. The number of hydrogen-bond acceptors (Lipinski definition) is 2. The maximum absolute atomic E-state index is 11.6. The first kappa shape index (κ1) is 10.7. The lowest BCUT2D eigenvalue weighted by molar-refractivity contribution is 0.101. The number of ether oxygens (including phenoxy) is 1. The molecule has 0 aliphatic rings. The van der Waals surface area contributed by atoms with E-state index < -0.39 is 0 Å². The number of aromatic amines is 1. The summed E-state index contributed by atoms with van der Waals surface area (Å²) in [5.41, 5.74) is 3.84. The van der Waals surface area contributed by atoms with Crippen molar-refractivity contribution >= 4 is 16.7 Å². The summed E-state index contributed by atoms with van der Waals surface area (Å²) in [6, 6.07) is 3.65. The van der Waals surface area contributed by atoms with Gasteiger partial charge in [0.2, 0.25) is 0 Å². The molecular formula is C13H15NO2. The Labute approximate surface area is 94.4 Å². The van der Waals surface area contributed by atoms with Crippen LogP contribution in [0.15, 0.2) is 12.1 Å². The Morgan fingerprint density at radius 1 is 1.31 bits per heavy atom. The molecule has 0 spiro atoms. The summed E-state index contributed by atoms with van der Waals surface area (Å²) in [5.74, 6) is 0.853. The maximum Gasteiger partial charge on any atom is 0.160 e. The summed E-state index contributed by atoms with van der Waals surface area (Å²) in [5, 5.41) is 0.976. The molecule has 2 rings (SSSR count). The number of Topliss-reactive ketones (excluding diaryl/α,β-unsaturated/α-hetero) is 1. The third-order valence-corrected chi connectivity index (χ3v) is 3.02. The van der Waals surface area contributed by atoms with E-state index in [4.69, 9.17) is 4.74 Å². The Morgan fingerprint density at radius 2 is 2.00 bits per heavy atom. The van der Waals surface area contributed by atoms with Crippen LogP contribution in [0.4, 0.5) is 0 Å². The predicted molar refractivity (Wildman–Crippen MR) is 64.3 cm³/mol. The van der Waals surface area contributed by atoms with E-state index in [0.717, 1.165) is 33.5 Å². The topological polar surface area (TPSA) is 42.1 Å². The second kappa shape index (κ2) is 3.67. The number of carbonyl (C=O) groups excluding carboxylic acids is 1. The van der Waals surface area contributed by atoms with E-state index in [9.17, 15) is 4.79 Å². The molecule has 3 nitrogen and oxygen atoms in total. The van der Waals surface area contributed by atoms with Crippen molar-refractivity contribution in [2.24, 2.45) is 0 Å².